The number of aryl methyl sites for hydroxylation is 1. The summed E-state index contributed by atoms with van der Waals surface area (Å²) in [4.78, 5) is 22.6. The summed E-state index contributed by atoms with van der Waals surface area (Å²) in [7, 11) is 1.74. The van der Waals surface area contributed by atoms with E-state index in [1.54, 1.807) is 11.6 Å². The maximum atomic E-state index is 11.7. The van der Waals surface area contributed by atoms with Crippen LogP contribution >= 0.6 is 0 Å². The molecule has 1 heterocycles. The summed E-state index contributed by atoms with van der Waals surface area (Å²) in [6.07, 6.45) is 2.19. The molecule has 3 amide bonds. The minimum atomic E-state index is -0.328. The Morgan fingerprint density at radius 1 is 1.18 bits per heavy atom. The average molecular weight is 302 g/mol. The number of carbonyl (C=O) groups excluding carboxylic acids is 2. The van der Waals surface area contributed by atoms with Crippen molar-refractivity contribution < 1.29 is 9.59 Å². The second-order valence-electron chi connectivity index (χ2n) is 4.77. The predicted octanol–water partition coefficient (Wildman–Crippen LogP) is 1.14. The molecule has 1 aromatic carbocycles. The number of aromatic nitrogens is 3. The normalized spacial score (nSPS) is 10.1. The highest BCUT2D eigenvalue weighted by Gasteiger charge is 2.05. The van der Waals surface area contributed by atoms with Gasteiger partial charge in [0, 0.05) is 26.2 Å². The lowest BCUT2D eigenvalue weighted by Crippen LogP contribution is -2.31. The Balaban J connectivity index is 1.75. The van der Waals surface area contributed by atoms with Crippen molar-refractivity contribution in [2.45, 2.75) is 13.3 Å². The Bertz CT molecular complexity index is 650. The molecule has 8 heteroatoms. The van der Waals surface area contributed by atoms with E-state index < -0.39 is 0 Å². The Labute approximate surface area is 127 Å². The van der Waals surface area contributed by atoms with Crippen molar-refractivity contribution in [2.24, 2.45) is 7.05 Å². The van der Waals surface area contributed by atoms with Gasteiger partial charge in [0.25, 0.3) is 0 Å². The van der Waals surface area contributed by atoms with Gasteiger partial charge in [-0.25, -0.2) is 4.79 Å². The molecular formula is C14H18N6O2. The highest BCUT2D eigenvalue weighted by molar-refractivity contribution is 5.88. The van der Waals surface area contributed by atoms with Crippen molar-refractivity contribution in [3.63, 3.8) is 0 Å². The quantitative estimate of drug-likeness (QED) is 0.771. The molecule has 2 rings (SSSR count). The van der Waals surface area contributed by atoms with Gasteiger partial charge < -0.3 is 15.2 Å². The van der Waals surface area contributed by atoms with E-state index in [1.165, 1.54) is 13.3 Å². The summed E-state index contributed by atoms with van der Waals surface area (Å²) in [5.41, 5.74) is 1.82. The van der Waals surface area contributed by atoms with Crippen LogP contribution in [0.4, 0.5) is 16.4 Å². The molecule has 0 aliphatic heterocycles. The third kappa shape index (κ3) is 4.58. The minimum absolute atomic E-state index is 0.102. The predicted molar refractivity (Wildman–Crippen MR) is 82.5 cm³/mol. The van der Waals surface area contributed by atoms with Gasteiger partial charge in [-0.1, -0.05) is 12.1 Å². The van der Waals surface area contributed by atoms with E-state index in [1.807, 2.05) is 24.3 Å². The van der Waals surface area contributed by atoms with Crippen molar-refractivity contribution in [2.75, 3.05) is 17.2 Å². The number of nitrogens with one attached hydrogen (secondary N) is 3. The molecule has 0 saturated heterocycles. The van der Waals surface area contributed by atoms with Gasteiger partial charge in [-0.15, -0.1) is 10.2 Å². The third-order valence-corrected chi connectivity index (χ3v) is 2.91. The highest BCUT2D eigenvalue weighted by Crippen LogP contribution is 2.09. The van der Waals surface area contributed by atoms with Gasteiger partial charge in [0.05, 0.1) is 0 Å². The number of amides is 3. The molecule has 0 bridgehead atoms. The molecule has 0 spiro atoms. The molecule has 0 unspecified atom stereocenters. The van der Waals surface area contributed by atoms with Crippen LogP contribution in [0.3, 0.4) is 0 Å². The maximum Gasteiger partial charge on any atom is 0.321 e. The van der Waals surface area contributed by atoms with Gasteiger partial charge in [-0.3, -0.25) is 10.1 Å². The van der Waals surface area contributed by atoms with Gasteiger partial charge in [-0.05, 0) is 24.1 Å². The van der Waals surface area contributed by atoms with E-state index in [2.05, 4.69) is 26.1 Å². The average Bonchev–Trinajstić information content (AvgIpc) is 2.85. The lowest BCUT2D eigenvalue weighted by molar-refractivity contribution is -0.114. The molecule has 22 heavy (non-hydrogen) atoms. The molecule has 0 aliphatic rings. The fourth-order valence-corrected chi connectivity index (χ4v) is 1.82. The van der Waals surface area contributed by atoms with Crippen molar-refractivity contribution in [1.29, 1.82) is 0 Å². The first-order valence-electron chi connectivity index (χ1n) is 6.80. The lowest BCUT2D eigenvalue weighted by atomic mass is 10.1. The molecule has 0 fully saturated rings. The molecule has 0 radical (unpaired) electrons. The molecule has 3 N–H and O–H groups in total. The van der Waals surface area contributed by atoms with Gasteiger partial charge in [-0.2, -0.15) is 0 Å². The number of urea groups is 1. The third-order valence-electron chi connectivity index (χ3n) is 2.91. The number of nitrogens with zero attached hydrogens (tertiary/aromatic N) is 3. The van der Waals surface area contributed by atoms with Crippen LogP contribution in [-0.2, 0) is 18.3 Å². The van der Waals surface area contributed by atoms with Crippen LogP contribution in [0.2, 0.25) is 0 Å². The van der Waals surface area contributed by atoms with Crippen molar-refractivity contribution >= 4 is 23.6 Å². The zero-order valence-corrected chi connectivity index (χ0v) is 12.5. The number of benzene rings is 1. The zero-order valence-electron chi connectivity index (χ0n) is 12.5. The first-order chi connectivity index (χ1) is 10.5. The van der Waals surface area contributed by atoms with Gasteiger partial charge in [0.15, 0.2) is 0 Å². The number of carbonyl (C=O) groups is 2. The van der Waals surface area contributed by atoms with Crippen LogP contribution in [0, 0.1) is 0 Å². The standard InChI is InChI=1S/C14H18N6O2/c1-10(21)17-12-5-3-11(4-6-12)7-8-15-14(22)18-13-19-16-9-20(13)2/h3-6,9H,7-8H2,1-2H3,(H,17,21)(H2,15,18,19,22). The Morgan fingerprint density at radius 3 is 2.50 bits per heavy atom. The Kier molecular flexibility index (Phi) is 5.07. The second-order valence-corrected chi connectivity index (χ2v) is 4.77. The summed E-state index contributed by atoms with van der Waals surface area (Å²) in [6, 6.07) is 7.15. The highest BCUT2D eigenvalue weighted by atomic mass is 16.2. The summed E-state index contributed by atoms with van der Waals surface area (Å²) < 4.78 is 1.61. The molecule has 8 nitrogen and oxygen atoms in total. The van der Waals surface area contributed by atoms with Crippen molar-refractivity contribution in [1.82, 2.24) is 20.1 Å². The van der Waals surface area contributed by atoms with E-state index in [4.69, 9.17) is 0 Å². The van der Waals surface area contributed by atoms with Crippen molar-refractivity contribution in [3.05, 3.63) is 36.2 Å². The van der Waals surface area contributed by atoms with Gasteiger partial charge in [0.2, 0.25) is 11.9 Å². The first-order valence-corrected chi connectivity index (χ1v) is 6.80. The number of rotatable bonds is 5. The smallest absolute Gasteiger partial charge is 0.321 e. The monoisotopic (exact) mass is 302 g/mol. The lowest BCUT2D eigenvalue weighted by Gasteiger charge is -2.07. The van der Waals surface area contributed by atoms with Crippen LogP contribution in [0.1, 0.15) is 12.5 Å². The largest absolute Gasteiger partial charge is 0.337 e. The van der Waals surface area contributed by atoms with Gasteiger partial charge in [0.1, 0.15) is 6.33 Å². The summed E-state index contributed by atoms with van der Waals surface area (Å²) in [6.45, 7) is 1.96. The van der Waals surface area contributed by atoms with Gasteiger partial charge >= 0.3 is 6.03 Å². The van der Waals surface area contributed by atoms with Crippen LogP contribution < -0.4 is 16.0 Å². The minimum Gasteiger partial charge on any atom is -0.337 e. The summed E-state index contributed by atoms with van der Waals surface area (Å²) in [5, 5.41) is 15.5. The number of hydrogen-bond donors (Lipinski definition) is 3. The number of hydrogen-bond acceptors (Lipinski definition) is 4. The fourth-order valence-electron chi connectivity index (χ4n) is 1.82. The maximum absolute atomic E-state index is 11.7. The molecule has 0 aliphatic carbocycles. The van der Waals surface area contributed by atoms with E-state index in [0.717, 1.165) is 11.3 Å². The second kappa shape index (κ2) is 7.21. The molecule has 0 saturated carbocycles. The Hall–Kier alpha value is -2.90. The number of anilines is 2. The van der Waals surface area contributed by atoms with Crippen LogP contribution in [0.5, 0.6) is 0 Å². The molecule has 2 aromatic rings. The molecule has 116 valence electrons. The first kappa shape index (κ1) is 15.5. The topological polar surface area (TPSA) is 101 Å². The fraction of sp³-hybridized carbons (Fsp3) is 0.286. The molecular weight excluding hydrogens is 284 g/mol. The van der Waals surface area contributed by atoms with E-state index in [0.29, 0.717) is 18.9 Å². The molecule has 0 atom stereocenters. The van der Waals surface area contributed by atoms with E-state index in [-0.39, 0.29) is 11.9 Å². The van der Waals surface area contributed by atoms with Crippen LogP contribution in [0.25, 0.3) is 0 Å². The SMILES string of the molecule is CC(=O)Nc1ccc(CCNC(=O)Nc2nncn2C)cc1. The van der Waals surface area contributed by atoms with Crippen LogP contribution in [-0.4, -0.2) is 33.2 Å². The summed E-state index contributed by atoms with van der Waals surface area (Å²) in [5.74, 6) is 0.284. The summed E-state index contributed by atoms with van der Waals surface area (Å²) >= 11 is 0. The van der Waals surface area contributed by atoms with Crippen LogP contribution in [0.15, 0.2) is 30.6 Å². The zero-order chi connectivity index (χ0) is 15.9. The van der Waals surface area contributed by atoms with E-state index >= 15 is 0 Å². The van der Waals surface area contributed by atoms with E-state index in [9.17, 15) is 9.59 Å². The Morgan fingerprint density at radius 2 is 1.91 bits per heavy atom. The molecule has 1 aromatic heterocycles. The van der Waals surface area contributed by atoms with Crippen molar-refractivity contribution in [3.8, 4) is 0 Å².